The Balaban J connectivity index is 3.15. The Hall–Kier alpha value is -1.51. The van der Waals surface area contributed by atoms with Crippen LogP contribution in [0, 0.1) is 0 Å². The summed E-state index contributed by atoms with van der Waals surface area (Å²) >= 11 is 0. The van der Waals surface area contributed by atoms with Gasteiger partial charge in [-0.1, -0.05) is 32.9 Å². The van der Waals surface area contributed by atoms with Crippen molar-refractivity contribution in [1.82, 2.24) is 0 Å². The fourth-order valence-electron chi connectivity index (χ4n) is 1.51. The van der Waals surface area contributed by atoms with Crippen molar-refractivity contribution in [1.29, 1.82) is 0 Å². The van der Waals surface area contributed by atoms with Crippen molar-refractivity contribution in [2.75, 3.05) is 0 Å². The van der Waals surface area contributed by atoms with Crippen LogP contribution in [0.15, 0.2) is 18.2 Å². The van der Waals surface area contributed by atoms with Gasteiger partial charge in [0.1, 0.15) is 5.75 Å². The highest BCUT2D eigenvalue weighted by molar-refractivity contribution is 5.76. The highest BCUT2D eigenvalue weighted by Crippen LogP contribution is 2.31. The van der Waals surface area contributed by atoms with Gasteiger partial charge in [0.15, 0.2) is 0 Å². The fourth-order valence-corrected chi connectivity index (χ4v) is 1.51. The second-order valence-corrected chi connectivity index (χ2v) is 5.08. The first kappa shape index (κ1) is 12.6. The summed E-state index contributed by atoms with van der Waals surface area (Å²) < 4.78 is 0. The Morgan fingerprint density at radius 3 is 2.25 bits per heavy atom. The third kappa shape index (κ3) is 2.54. The molecule has 1 aromatic rings. The van der Waals surface area contributed by atoms with Crippen LogP contribution in [0.4, 0.5) is 0 Å². The van der Waals surface area contributed by atoms with E-state index in [1.807, 2.05) is 26.8 Å². The summed E-state index contributed by atoms with van der Waals surface area (Å²) in [5.74, 6) is -1.56. The minimum atomic E-state index is -0.932. The minimum absolute atomic E-state index is 0.0531. The van der Waals surface area contributed by atoms with Gasteiger partial charge < -0.3 is 10.2 Å². The maximum Gasteiger partial charge on any atom is 0.310 e. The first-order valence-electron chi connectivity index (χ1n) is 5.29. The number of carbonyl (C=O) groups is 1. The molecule has 0 saturated heterocycles. The normalized spacial score (nSPS) is 13.5. The number of phenolic OH excluding ortho intramolecular Hbond substituents is 1. The van der Waals surface area contributed by atoms with E-state index in [1.165, 1.54) is 0 Å². The Labute approximate surface area is 95.7 Å². The average molecular weight is 222 g/mol. The summed E-state index contributed by atoms with van der Waals surface area (Å²) in [4.78, 5) is 10.8. The molecule has 0 radical (unpaired) electrons. The summed E-state index contributed by atoms with van der Waals surface area (Å²) in [6, 6.07) is 5.21. The number of aromatic hydroxyl groups is 1. The molecule has 3 nitrogen and oxygen atoms in total. The first-order chi connectivity index (χ1) is 7.23. The maximum atomic E-state index is 10.8. The molecule has 0 aliphatic rings. The van der Waals surface area contributed by atoms with E-state index in [2.05, 4.69) is 0 Å². The number of carboxylic acids is 1. The van der Waals surface area contributed by atoms with Gasteiger partial charge in [0.2, 0.25) is 0 Å². The molecule has 88 valence electrons. The largest absolute Gasteiger partial charge is 0.508 e. The molecule has 0 aromatic heterocycles. The van der Waals surface area contributed by atoms with Gasteiger partial charge in [-0.3, -0.25) is 4.79 Å². The lowest BCUT2D eigenvalue weighted by atomic mass is 9.85. The summed E-state index contributed by atoms with van der Waals surface area (Å²) in [6.07, 6.45) is 0. The number of rotatable bonds is 2. The van der Waals surface area contributed by atoms with E-state index in [4.69, 9.17) is 5.11 Å². The van der Waals surface area contributed by atoms with Gasteiger partial charge >= 0.3 is 5.97 Å². The van der Waals surface area contributed by atoms with Gasteiger partial charge in [-0.25, -0.2) is 0 Å². The number of phenols is 1. The second kappa shape index (κ2) is 4.16. The molecule has 16 heavy (non-hydrogen) atoms. The van der Waals surface area contributed by atoms with E-state index in [0.717, 1.165) is 5.56 Å². The topological polar surface area (TPSA) is 57.5 Å². The van der Waals surface area contributed by atoms with E-state index in [1.54, 1.807) is 19.1 Å². The molecule has 1 unspecified atom stereocenters. The van der Waals surface area contributed by atoms with E-state index < -0.39 is 11.9 Å². The quantitative estimate of drug-likeness (QED) is 0.809. The predicted octanol–water partition coefficient (Wildman–Crippen LogP) is 2.88. The standard InChI is InChI=1S/C13H18O3/c1-8(12(15)16)10-6-5-9(7-11(10)14)13(2,3)4/h5-8,14H,1-4H3,(H,15,16). The average Bonchev–Trinajstić information content (AvgIpc) is 2.15. The van der Waals surface area contributed by atoms with Crippen molar-refractivity contribution in [3.63, 3.8) is 0 Å². The van der Waals surface area contributed by atoms with E-state index in [0.29, 0.717) is 5.56 Å². The van der Waals surface area contributed by atoms with Crippen molar-refractivity contribution in [3.8, 4) is 5.75 Å². The zero-order chi connectivity index (χ0) is 12.5. The molecule has 0 heterocycles. The molecule has 0 spiro atoms. The lowest BCUT2D eigenvalue weighted by molar-refractivity contribution is -0.138. The minimum Gasteiger partial charge on any atom is -0.508 e. The Morgan fingerprint density at radius 1 is 1.31 bits per heavy atom. The van der Waals surface area contributed by atoms with Crippen molar-refractivity contribution in [3.05, 3.63) is 29.3 Å². The molecule has 1 aromatic carbocycles. The van der Waals surface area contributed by atoms with Crippen molar-refractivity contribution < 1.29 is 15.0 Å². The van der Waals surface area contributed by atoms with E-state index >= 15 is 0 Å². The van der Waals surface area contributed by atoms with E-state index in [9.17, 15) is 9.90 Å². The highest BCUT2D eigenvalue weighted by Gasteiger charge is 2.20. The molecule has 0 bridgehead atoms. The summed E-state index contributed by atoms with van der Waals surface area (Å²) in [5.41, 5.74) is 1.40. The molecule has 0 amide bonds. The van der Waals surface area contributed by atoms with Gasteiger partial charge in [-0.05, 0) is 24.0 Å². The van der Waals surface area contributed by atoms with Crippen LogP contribution >= 0.6 is 0 Å². The number of hydrogen-bond donors (Lipinski definition) is 2. The molecule has 2 N–H and O–H groups in total. The van der Waals surface area contributed by atoms with Gasteiger partial charge in [0, 0.05) is 5.56 Å². The smallest absolute Gasteiger partial charge is 0.310 e. The van der Waals surface area contributed by atoms with Crippen LogP contribution in [0.5, 0.6) is 5.75 Å². The summed E-state index contributed by atoms with van der Waals surface area (Å²) in [5, 5.41) is 18.7. The van der Waals surface area contributed by atoms with Crippen molar-refractivity contribution >= 4 is 5.97 Å². The molecular weight excluding hydrogens is 204 g/mol. The maximum absolute atomic E-state index is 10.8. The number of aliphatic carboxylic acids is 1. The SMILES string of the molecule is CC(C(=O)O)c1ccc(C(C)(C)C)cc1O. The van der Waals surface area contributed by atoms with E-state index in [-0.39, 0.29) is 11.2 Å². The third-order valence-electron chi connectivity index (χ3n) is 2.73. The van der Waals surface area contributed by atoms with Crippen LogP contribution in [-0.2, 0) is 10.2 Å². The number of hydrogen-bond acceptors (Lipinski definition) is 2. The first-order valence-corrected chi connectivity index (χ1v) is 5.29. The van der Waals surface area contributed by atoms with Gasteiger partial charge in [-0.2, -0.15) is 0 Å². The Kier molecular flexibility index (Phi) is 3.27. The zero-order valence-electron chi connectivity index (χ0n) is 10.1. The number of benzene rings is 1. The van der Waals surface area contributed by atoms with Crippen LogP contribution in [-0.4, -0.2) is 16.2 Å². The monoisotopic (exact) mass is 222 g/mol. The summed E-state index contributed by atoms with van der Waals surface area (Å²) in [6.45, 7) is 7.69. The van der Waals surface area contributed by atoms with Crippen LogP contribution in [0.2, 0.25) is 0 Å². The predicted molar refractivity (Wildman–Crippen MR) is 62.9 cm³/mol. The van der Waals surface area contributed by atoms with Crippen LogP contribution in [0.3, 0.4) is 0 Å². The van der Waals surface area contributed by atoms with Crippen molar-refractivity contribution in [2.45, 2.75) is 39.0 Å². The van der Waals surface area contributed by atoms with Crippen LogP contribution in [0.1, 0.15) is 44.7 Å². The molecule has 0 fully saturated rings. The van der Waals surface area contributed by atoms with Gasteiger partial charge in [-0.15, -0.1) is 0 Å². The van der Waals surface area contributed by atoms with Crippen molar-refractivity contribution in [2.24, 2.45) is 0 Å². The molecule has 0 aliphatic carbocycles. The molecular formula is C13H18O3. The molecule has 3 heteroatoms. The number of carboxylic acid groups (broad SMARTS) is 1. The second-order valence-electron chi connectivity index (χ2n) is 5.08. The van der Waals surface area contributed by atoms with Gasteiger partial charge in [0.05, 0.1) is 5.92 Å². The van der Waals surface area contributed by atoms with Gasteiger partial charge in [0.25, 0.3) is 0 Å². The molecule has 1 atom stereocenters. The zero-order valence-corrected chi connectivity index (χ0v) is 10.1. The molecule has 0 saturated carbocycles. The Morgan fingerprint density at radius 2 is 1.88 bits per heavy atom. The third-order valence-corrected chi connectivity index (χ3v) is 2.73. The van der Waals surface area contributed by atoms with Crippen LogP contribution in [0.25, 0.3) is 0 Å². The van der Waals surface area contributed by atoms with Crippen LogP contribution < -0.4 is 0 Å². The lowest BCUT2D eigenvalue weighted by Gasteiger charge is -2.20. The molecule has 0 aliphatic heterocycles. The lowest BCUT2D eigenvalue weighted by Crippen LogP contribution is -2.12. The molecule has 1 rings (SSSR count). The fraction of sp³-hybridized carbons (Fsp3) is 0.462. The highest BCUT2D eigenvalue weighted by atomic mass is 16.4. The Bertz CT molecular complexity index is 402. The summed E-state index contributed by atoms with van der Waals surface area (Å²) in [7, 11) is 0.